The predicted molar refractivity (Wildman–Crippen MR) is 103 cm³/mol. The first-order valence-corrected chi connectivity index (χ1v) is 9.11. The van der Waals surface area contributed by atoms with Gasteiger partial charge in [-0.05, 0) is 29.5 Å². The smallest absolute Gasteiger partial charge is 0.189 e. The van der Waals surface area contributed by atoms with Crippen molar-refractivity contribution in [3.8, 4) is 0 Å². The van der Waals surface area contributed by atoms with Crippen LogP contribution >= 0.6 is 0 Å². The summed E-state index contributed by atoms with van der Waals surface area (Å²) < 4.78 is 21.0. The molecule has 3 N–H and O–H groups in total. The van der Waals surface area contributed by atoms with E-state index in [2.05, 4.69) is 44.3 Å². The summed E-state index contributed by atoms with van der Waals surface area (Å²) in [7, 11) is 1.69. The van der Waals surface area contributed by atoms with Crippen molar-refractivity contribution in [1.82, 2.24) is 5.32 Å². The van der Waals surface area contributed by atoms with Crippen molar-refractivity contribution < 1.29 is 8.95 Å². The molecule has 0 aromatic heterocycles. The van der Waals surface area contributed by atoms with Crippen LogP contribution in [0.2, 0.25) is 0 Å². The van der Waals surface area contributed by atoms with E-state index < -0.39 is 11.0 Å². The molecular formula is C18H31N3O2S. The van der Waals surface area contributed by atoms with Crippen molar-refractivity contribution in [3.05, 3.63) is 41.8 Å². The molecule has 0 saturated carbocycles. The second-order valence-corrected chi connectivity index (χ2v) is 7.34. The van der Waals surface area contributed by atoms with Gasteiger partial charge in [0.05, 0.1) is 12.0 Å². The number of hydrogen-bond acceptors (Lipinski definition) is 3. The van der Waals surface area contributed by atoms with Crippen LogP contribution in [0.1, 0.15) is 46.1 Å². The van der Waals surface area contributed by atoms with Gasteiger partial charge in [-0.25, -0.2) is 4.21 Å². The summed E-state index contributed by atoms with van der Waals surface area (Å²) in [6, 6.07) is 7.52. The van der Waals surface area contributed by atoms with E-state index in [0.29, 0.717) is 16.7 Å². The van der Waals surface area contributed by atoms with E-state index in [1.54, 1.807) is 19.2 Å². The van der Waals surface area contributed by atoms with Gasteiger partial charge >= 0.3 is 0 Å². The molecule has 0 spiro atoms. The maximum Gasteiger partial charge on any atom is 0.189 e. The Hall–Kier alpha value is -1.82. The zero-order valence-corrected chi connectivity index (χ0v) is 16.6. The number of amidine groups is 1. The quantitative estimate of drug-likeness (QED) is 0.466. The lowest BCUT2D eigenvalue weighted by Crippen LogP contribution is -2.15. The normalized spacial score (nSPS) is 13.4. The molecule has 1 aromatic rings. The van der Waals surface area contributed by atoms with Gasteiger partial charge in [0.2, 0.25) is 0 Å². The molecule has 136 valence electrons. The minimum absolute atomic E-state index is 0.141. The standard InChI is InChI=1S/C14H21N3O2S.C4H10/c1-10(2)11-5-7-12(8-6-11)20(18)17-13(15)9-14(16-3)19-4;1-4(2)3/h5-10,16H,1-4H3,(H2,15,17);4H,1-3H3/b14-9+;. The Labute approximate surface area is 149 Å². The SMILES string of the molecule is CC(C)C.CN/C(=C\C(N)=N/S(=O)c1ccc(C(C)C)cc1)OC. The molecular weight excluding hydrogens is 322 g/mol. The molecule has 0 aliphatic carbocycles. The van der Waals surface area contributed by atoms with Crippen LogP contribution in [0.4, 0.5) is 0 Å². The predicted octanol–water partition coefficient (Wildman–Crippen LogP) is 3.56. The molecule has 0 heterocycles. The maximum atomic E-state index is 12.0. The van der Waals surface area contributed by atoms with Crippen LogP contribution in [0.5, 0.6) is 0 Å². The summed E-state index contributed by atoms with van der Waals surface area (Å²) in [5.41, 5.74) is 6.90. The van der Waals surface area contributed by atoms with Gasteiger partial charge in [-0.1, -0.05) is 46.8 Å². The number of nitrogens with one attached hydrogen (secondary N) is 1. The number of ether oxygens (including phenoxy) is 1. The first kappa shape index (κ1) is 22.2. The molecule has 0 saturated heterocycles. The van der Waals surface area contributed by atoms with Crippen molar-refractivity contribution >= 4 is 16.8 Å². The molecule has 1 unspecified atom stereocenters. The molecule has 5 nitrogen and oxygen atoms in total. The van der Waals surface area contributed by atoms with Crippen LogP contribution in [-0.4, -0.2) is 24.2 Å². The van der Waals surface area contributed by atoms with Crippen LogP contribution in [0, 0.1) is 5.92 Å². The second kappa shape index (κ2) is 11.7. The van der Waals surface area contributed by atoms with Crippen molar-refractivity contribution in [2.75, 3.05) is 14.2 Å². The Kier molecular flexibility index (Phi) is 10.8. The third kappa shape index (κ3) is 9.35. The molecule has 0 aliphatic heterocycles. The van der Waals surface area contributed by atoms with Gasteiger partial charge in [0.15, 0.2) is 16.9 Å². The van der Waals surface area contributed by atoms with Gasteiger partial charge in [0, 0.05) is 13.1 Å². The Bertz CT molecular complexity index is 555. The van der Waals surface area contributed by atoms with Crippen molar-refractivity contribution in [2.45, 2.75) is 45.4 Å². The zero-order chi connectivity index (χ0) is 18.7. The number of hydrogen-bond donors (Lipinski definition) is 2. The highest BCUT2D eigenvalue weighted by molar-refractivity contribution is 7.83. The van der Waals surface area contributed by atoms with Gasteiger partial charge in [0.1, 0.15) is 5.84 Å². The highest BCUT2D eigenvalue weighted by Crippen LogP contribution is 2.16. The van der Waals surface area contributed by atoms with Crippen LogP contribution < -0.4 is 11.1 Å². The van der Waals surface area contributed by atoms with Crippen LogP contribution in [-0.2, 0) is 15.7 Å². The highest BCUT2D eigenvalue weighted by atomic mass is 32.2. The largest absolute Gasteiger partial charge is 0.482 e. The van der Waals surface area contributed by atoms with E-state index in [4.69, 9.17) is 10.5 Å². The van der Waals surface area contributed by atoms with Gasteiger partial charge in [-0.3, -0.25) is 0 Å². The van der Waals surface area contributed by atoms with E-state index in [1.165, 1.54) is 18.7 Å². The average Bonchev–Trinajstić information content (AvgIpc) is 2.52. The lowest BCUT2D eigenvalue weighted by atomic mass is 10.0. The second-order valence-electron chi connectivity index (χ2n) is 6.18. The third-order valence-corrected chi connectivity index (χ3v) is 3.73. The first-order valence-electron chi connectivity index (χ1n) is 8.00. The van der Waals surface area contributed by atoms with E-state index in [9.17, 15) is 4.21 Å². The van der Waals surface area contributed by atoms with Gasteiger partial charge in [-0.2, -0.15) is 4.40 Å². The monoisotopic (exact) mass is 353 g/mol. The van der Waals surface area contributed by atoms with Crippen molar-refractivity contribution in [3.63, 3.8) is 0 Å². The molecule has 24 heavy (non-hydrogen) atoms. The first-order chi connectivity index (χ1) is 11.2. The van der Waals surface area contributed by atoms with Gasteiger partial charge in [-0.15, -0.1) is 0 Å². The van der Waals surface area contributed by atoms with Crippen LogP contribution in [0.25, 0.3) is 0 Å². The molecule has 1 aromatic carbocycles. The summed E-state index contributed by atoms with van der Waals surface area (Å²) >= 11 is 0. The van der Waals surface area contributed by atoms with E-state index in [0.717, 1.165) is 5.92 Å². The minimum Gasteiger partial charge on any atom is -0.482 e. The molecule has 0 fully saturated rings. The Balaban J connectivity index is 0.00000118. The number of rotatable bonds is 6. The summed E-state index contributed by atoms with van der Waals surface area (Å²) in [6.07, 6.45) is 1.49. The lowest BCUT2D eigenvalue weighted by molar-refractivity contribution is 0.269. The summed E-state index contributed by atoms with van der Waals surface area (Å²) in [6.45, 7) is 10.7. The topological polar surface area (TPSA) is 76.7 Å². The Morgan fingerprint density at radius 3 is 2.08 bits per heavy atom. The summed E-state index contributed by atoms with van der Waals surface area (Å²) in [4.78, 5) is 0.620. The highest BCUT2D eigenvalue weighted by Gasteiger charge is 2.05. The van der Waals surface area contributed by atoms with Gasteiger partial charge < -0.3 is 15.8 Å². The molecule has 0 aliphatic rings. The summed E-state index contributed by atoms with van der Waals surface area (Å²) in [5.74, 6) is 1.87. The van der Waals surface area contributed by atoms with Gasteiger partial charge in [0.25, 0.3) is 0 Å². The fraction of sp³-hybridized carbons (Fsp3) is 0.500. The minimum atomic E-state index is -1.52. The molecule has 0 amide bonds. The molecule has 0 radical (unpaired) electrons. The molecule has 6 heteroatoms. The molecule has 0 bridgehead atoms. The van der Waals surface area contributed by atoms with E-state index in [-0.39, 0.29) is 5.84 Å². The molecule has 1 rings (SSSR count). The maximum absolute atomic E-state index is 12.0. The van der Waals surface area contributed by atoms with E-state index in [1.807, 2.05) is 12.1 Å². The van der Waals surface area contributed by atoms with Crippen LogP contribution in [0.15, 0.2) is 45.5 Å². The number of benzene rings is 1. The third-order valence-electron chi connectivity index (χ3n) is 2.68. The zero-order valence-electron chi connectivity index (χ0n) is 15.8. The fourth-order valence-corrected chi connectivity index (χ4v) is 2.23. The Morgan fingerprint density at radius 1 is 1.21 bits per heavy atom. The number of nitrogens with zero attached hydrogens (tertiary/aromatic N) is 1. The van der Waals surface area contributed by atoms with E-state index >= 15 is 0 Å². The van der Waals surface area contributed by atoms with Crippen molar-refractivity contribution in [1.29, 1.82) is 0 Å². The number of methoxy groups -OCH3 is 1. The van der Waals surface area contributed by atoms with Crippen molar-refractivity contribution in [2.24, 2.45) is 16.0 Å². The lowest BCUT2D eigenvalue weighted by Gasteiger charge is -2.06. The Morgan fingerprint density at radius 2 is 1.71 bits per heavy atom. The fourth-order valence-electron chi connectivity index (χ4n) is 1.51. The summed E-state index contributed by atoms with van der Waals surface area (Å²) in [5, 5.41) is 2.79. The average molecular weight is 354 g/mol. The molecule has 1 atom stereocenters. The van der Waals surface area contributed by atoms with Crippen LogP contribution in [0.3, 0.4) is 0 Å². The number of nitrogens with two attached hydrogens (primary N) is 1.